The number of hydrogen-bond acceptors (Lipinski definition) is 1. The average Bonchev–Trinajstić information content (AvgIpc) is 2.51. The topological polar surface area (TPSA) is 12.0 Å². The maximum atomic E-state index is 3.45. The van der Waals surface area contributed by atoms with Crippen LogP contribution in [-0.4, -0.2) is 0 Å². The van der Waals surface area contributed by atoms with Gasteiger partial charge >= 0.3 is 0 Å². The second kappa shape index (κ2) is 15.7. The van der Waals surface area contributed by atoms with Crippen molar-refractivity contribution in [3.63, 3.8) is 0 Å². The van der Waals surface area contributed by atoms with Crippen LogP contribution in [0.15, 0.2) is 23.5 Å². The molecule has 0 unspecified atom stereocenters. The molecule has 1 heteroatoms. The first kappa shape index (κ1) is 20.3. The van der Waals surface area contributed by atoms with Crippen LogP contribution in [0.4, 0.5) is 0 Å². The first-order valence-electron chi connectivity index (χ1n) is 9.40. The molecule has 1 nitrogen and oxygen atoms in total. The first-order valence-corrected chi connectivity index (χ1v) is 9.40. The number of rotatable bonds is 14. The molecule has 0 atom stereocenters. The predicted molar refractivity (Wildman–Crippen MR) is 97.4 cm³/mol. The Morgan fingerprint density at radius 3 is 1.38 bits per heavy atom. The predicted octanol–water partition coefficient (Wildman–Crippen LogP) is 7.10. The van der Waals surface area contributed by atoms with Crippen LogP contribution >= 0.6 is 0 Å². The molecule has 0 bridgehead atoms. The van der Waals surface area contributed by atoms with Gasteiger partial charge in [-0.1, -0.05) is 77.4 Å². The number of allylic oxidation sites excluding steroid dienone is 2. The molecule has 0 aromatic carbocycles. The maximum Gasteiger partial charge on any atom is -0.000372 e. The Hall–Kier alpha value is -0.720. The van der Waals surface area contributed by atoms with E-state index in [-0.39, 0.29) is 0 Å². The summed E-state index contributed by atoms with van der Waals surface area (Å²) in [5, 5.41) is 3.45. The van der Waals surface area contributed by atoms with Gasteiger partial charge in [-0.25, -0.2) is 0 Å². The van der Waals surface area contributed by atoms with E-state index >= 15 is 0 Å². The molecule has 0 fully saturated rings. The van der Waals surface area contributed by atoms with Gasteiger partial charge in [-0.05, 0) is 50.9 Å². The highest BCUT2D eigenvalue weighted by molar-refractivity contribution is 5.06. The summed E-state index contributed by atoms with van der Waals surface area (Å²) in [6, 6.07) is 0. The van der Waals surface area contributed by atoms with E-state index in [9.17, 15) is 0 Å². The van der Waals surface area contributed by atoms with Crippen LogP contribution in [0.2, 0.25) is 0 Å². The molecule has 0 saturated carbocycles. The lowest BCUT2D eigenvalue weighted by molar-refractivity contribution is 0.653. The Morgan fingerprint density at radius 2 is 1.05 bits per heavy atom. The summed E-state index contributed by atoms with van der Waals surface area (Å²) in [6.45, 7) is 9.08. The zero-order chi connectivity index (χ0) is 15.8. The van der Waals surface area contributed by atoms with E-state index in [1.807, 2.05) is 0 Å². The molecule has 0 spiro atoms. The molecule has 0 aromatic rings. The number of unbranched alkanes of at least 4 members (excludes halogenated alkanes) is 6. The lowest BCUT2D eigenvalue weighted by Crippen LogP contribution is -1.99. The Labute approximate surface area is 134 Å². The van der Waals surface area contributed by atoms with Gasteiger partial charge in [0.1, 0.15) is 0 Å². The Morgan fingerprint density at radius 1 is 0.619 bits per heavy atom. The first-order chi connectivity index (χ1) is 10.3. The van der Waals surface area contributed by atoms with Gasteiger partial charge in [0.15, 0.2) is 0 Å². The fourth-order valence-electron chi connectivity index (χ4n) is 2.54. The summed E-state index contributed by atoms with van der Waals surface area (Å²) in [5.41, 5.74) is 3.12. The van der Waals surface area contributed by atoms with E-state index in [1.54, 1.807) is 11.1 Å². The standard InChI is InChI=1S/C20H39N/c1-5-9-11-13-15-19(7-3)17-21-18-20(8-4)16-14-12-10-6-2/h17-18,21H,5-16H2,1-4H3/b19-17-,20-18+. The highest BCUT2D eigenvalue weighted by Crippen LogP contribution is 2.14. The highest BCUT2D eigenvalue weighted by Gasteiger charge is 1.96. The van der Waals surface area contributed by atoms with Crippen LogP contribution in [0, 0.1) is 0 Å². The Kier molecular flexibility index (Phi) is 15.1. The molecule has 0 aromatic heterocycles. The van der Waals surface area contributed by atoms with E-state index in [2.05, 4.69) is 45.4 Å². The summed E-state index contributed by atoms with van der Waals surface area (Å²) < 4.78 is 0. The summed E-state index contributed by atoms with van der Waals surface area (Å²) in [6.07, 6.45) is 20.2. The van der Waals surface area contributed by atoms with Crippen LogP contribution in [0.5, 0.6) is 0 Å². The van der Waals surface area contributed by atoms with Crippen molar-refractivity contribution in [2.45, 2.75) is 105 Å². The minimum absolute atomic E-state index is 1.17. The molecule has 0 saturated heterocycles. The molecule has 21 heavy (non-hydrogen) atoms. The lowest BCUT2D eigenvalue weighted by Gasteiger charge is -2.07. The molecule has 0 heterocycles. The summed E-state index contributed by atoms with van der Waals surface area (Å²) in [4.78, 5) is 0. The Balaban J connectivity index is 4.03. The average molecular weight is 294 g/mol. The van der Waals surface area contributed by atoms with Gasteiger partial charge in [-0.3, -0.25) is 0 Å². The minimum atomic E-state index is 1.17. The van der Waals surface area contributed by atoms with Gasteiger partial charge < -0.3 is 5.32 Å². The van der Waals surface area contributed by atoms with Crippen molar-refractivity contribution >= 4 is 0 Å². The largest absolute Gasteiger partial charge is 0.368 e. The highest BCUT2D eigenvalue weighted by atomic mass is 14.8. The molecule has 0 rings (SSSR count). The third kappa shape index (κ3) is 12.7. The van der Waals surface area contributed by atoms with E-state index in [1.165, 1.54) is 77.0 Å². The molecule has 0 amide bonds. The molecule has 0 aliphatic carbocycles. The van der Waals surface area contributed by atoms with Crippen molar-refractivity contribution in [1.29, 1.82) is 0 Å². The summed E-state index contributed by atoms with van der Waals surface area (Å²) >= 11 is 0. The monoisotopic (exact) mass is 293 g/mol. The normalized spacial score (nSPS) is 12.8. The van der Waals surface area contributed by atoms with Crippen LogP contribution in [0.1, 0.15) is 105 Å². The van der Waals surface area contributed by atoms with Gasteiger partial charge in [-0.2, -0.15) is 0 Å². The molecular formula is C20H39N. The maximum absolute atomic E-state index is 3.45. The number of nitrogens with one attached hydrogen (secondary N) is 1. The fraction of sp³-hybridized carbons (Fsp3) is 0.800. The van der Waals surface area contributed by atoms with Crippen LogP contribution in [0.3, 0.4) is 0 Å². The smallest absolute Gasteiger partial charge is 0.000372 e. The third-order valence-electron chi connectivity index (χ3n) is 4.19. The molecule has 1 N–H and O–H groups in total. The second-order valence-electron chi connectivity index (χ2n) is 6.10. The lowest BCUT2D eigenvalue weighted by atomic mass is 10.0. The summed E-state index contributed by atoms with van der Waals surface area (Å²) in [7, 11) is 0. The van der Waals surface area contributed by atoms with Crippen LogP contribution in [0.25, 0.3) is 0 Å². The van der Waals surface area contributed by atoms with Crippen molar-refractivity contribution in [3.8, 4) is 0 Å². The van der Waals surface area contributed by atoms with Crippen molar-refractivity contribution in [3.05, 3.63) is 23.5 Å². The van der Waals surface area contributed by atoms with Crippen LogP contribution in [-0.2, 0) is 0 Å². The molecule has 124 valence electrons. The van der Waals surface area contributed by atoms with E-state index < -0.39 is 0 Å². The fourth-order valence-corrected chi connectivity index (χ4v) is 2.54. The van der Waals surface area contributed by atoms with Crippen molar-refractivity contribution < 1.29 is 0 Å². The van der Waals surface area contributed by atoms with E-state index in [0.29, 0.717) is 0 Å². The van der Waals surface area contributed by atoms with Gasteiger partial charge in [0.05, 0.1) is 0 Å². The number of hydrogen-bond donors (Lipinski definition) is 1. The van der Waals surface area contributed by atoms with Gasteiger partial charge in [0.2, 0.25) is 0 Å². The van der Waals surface area contributed by atoms with Crippen molar-refractivity contribution in [2.24, 2.45) is 0 Å². The van der Waals surface area contributed by atoms with Gasteiger partial charge in [0.25, 0.3) is 0 Å². The van der Waals surface area contributed by atoms with Crippen LogP contribution < -0.4 is 5.32 Å². The molecule has 0 radical (unpaired) electrons. The zero-order valence-corrected chi connectivity index (χ0v) is 15.1. The van der Waals surface area contributed by atoms with E-state index in [4.69, 9.17) is 0 Å². The minimum Gasteiger partial charge on any atom is -0.368 e. The summed E-state index contributed by atoms with van der Waals surface area (Å²) in [5.74, 6) is 0. The van der Waals surface area contributed by atoms with Crippen molar-refractivity contribution in [1.82, 2.24) is 5.32 Å². The Bertz CT molecular complexity index is 248. The molecule has 0 aliphatic heterocycles. The second-order valence-corrected chi connectivity index (χ2v) is 6.10. The van der Waals surface area contributed by atoms with Crippen molar-refractivity contribution in [2.75, 3.05) is 0 Å². The SMILES string of the molecule is CCCCCC/C(=C\N/C=C(\CC)CCCCCC)CC. The molecular weight excluding hydrogens is 254 g/mol. The third-order valence-corrected chi connectivity index (χ3v) is 4.19. The van der Waals surface area contributed by atoms with Gasteiger partial charge in [-0.15, -0.1) is 0 Å². The van der Waals surface area contributed by atoms with E-state index in [0.717, 1.165) is 0 Å². The van der Waals surface area contributed by atoms with Gasteiger partial charge in [0, 0.05) is 0 Å². The zero-order valence-electron chi connectivity index (χ0n) is 15.1. The molecule has 0 aliphatic rings. The quantitative estimate of drug-likeness (QED) is 0.337.